The largest absolute Gasteiger partial charge is 0.469 e. The number of ether oxygens (including phenoxy) is 1. The number of hydrogen-bond acceptors (Lipinski definition) is 4. The van der Waals surface area contributed by atoms with E-state index < -0.39 is 5.41 Å². The van der Waals surface area contributed by atoms with Crippen LogP contribution in [0.5, 0.6) is 0 Å². The van der Waals surface area contributed by atoms with Gasteiger partial charge in [-0.15, -0.1) is 0 Å². The molecule has 0 spiro atoms. The van der Waals surface area contributed by atoms with E-state index in [9.17, 15) is 10.1 Å². The third-order valence-corrected chi connectivity index (χ3v) is 7.22. The molecule has 2 fully saturated rings. The second kappa shape index (κ2) is 6.95. The molecule has 0 aromatic carbocycles. The molecule has 3 rings (SSSR count). The molecule has 4 heteroatoms. The highest BCUT2D eigenvalue weighted by molar-refractivity contribution is 5.77. The molecule has 0 bridgehead atoms. The molecule has 4 nitrogen and oxygen atoms in total. The number of esters is 1. The van der Waals surface area contributed by atoms with Crippen molar-refractivity contribution in [3.05, 3.63) is 35.8 Å². The topological polar surface area (TPSA) is 63.2 Å². The molecule has 26 heavy (non-hydrogen) atoms. The zero-order chi connectivity index (χ0) is 18.9. The molecule has 0 N–H and O–H groups in total. The minimum atomic E-state index is -0.409. The Morgan fingerprint density at radius 1 is 1.46 bits per heavy atom. The molecule has 1 aromatic rings. The average Bonchev–Trinajstić information content (AvgIpc) is 3.07. The number of nitriles is 1. The van der Waals surface area contributed by atoms with Crippen molar-refractivity contribution in [3.8, 4) is 6.07 Å². The Morgan fingerprint density at radius 3 is 2.92 bits per heavy atom. The first-order chi connectivity index (χ1) is 12.4. The number of carbonyl (C=O) groups is 1. The van der Waals surface area contributed by atoms with Crippen LogP contribution >= 0.6 is 0 Å². The van der Waals surface area contributed by atoms with Gasteiger partial charge >= 0.3 is 5.97 Å². The predicted octanol–water partition coefficient (Wildman–Crippen LogP) is 5.04. The van der Waals surface area contributed by atoms with Gasteiger partial charge in [0.1, 0.15) is 6.07 Å². The summed E-state index contributed by atoms with van der Waals surface area (Å²) in [6, 6.07) is 4.02. The Bertz CT molecular complexity index is 743. The highest BCUT2D eigenvalue weighted by atomic mass is 16.5. The first-order valence-corrected chi connectivity index (χ1v) is 9.59. The van der Waals surface area contributed by atoms with E-state index >= 15 is 0 Å². The van der Waals surface area contributed by atoms with Gasteiger partial charge in [0.15, 0.2) is 0 Å². The Balaban J connectivity index is 1.86. The van der Waals surface area contributed by atoms with Crippen molar-refractivity contribution in [2.45, 2.75) is 58.8 Å². The summed E-state index contributed by atoms with van der Waals surface area (Å²) in [5.74, 6) is 1.01. The van der Waals surface area contributed by atoms with Crippen LogP contribution in [-0.4, -0.2) is 13.1 Å². The summed E-state index contributed by atoms with van der Waals surface area (Å²) in [5, 5.41) is 9.18. The lowest BCUT2D eigenvalue weighted by atomic mass is 9.46. The third-order valence-electron chi connectivity index (χ3n) is 7.22. The van der Waals surface area contributed by atoms with Crippen molar-refractivity contribution in [2.75, 3.05) is 7.11 Å². The molecule has 1 heterocycles. The number of fused-ring (bicyclic) bond motifs is 1. The van der Waals surface area contributed by atoms with E-state index in [1.54, 1.807) is 6.26 Å². The number of aryl methyl sites for hydroxylation is 1. The fraction of sp³-hybridized carbons (Fsp3) is 0.636. The van der Waals surface area contributed by atoms with Gasteiger partial charge in [-0.2, -0.15) is 5.26 Å². The number of furan rings is 1. The molecular weight excluding hydrogens is 326 g/mol. The van der Waals surface area contributed by atoms with Gasteiger partial charge in [0.25, 0.3) is 0 Å². The van der Waals surface area contributed by atoms with Crippen LogP contribution in [0.2, 0.25) is 0 Å². The lowest BCUT2D eigenvalue weighted by Gasteiger charge is -2.57. The molecule has 2 saturated carbocycles. The van der Waals surface area contributed by atoms with E-state index in [0.717, 1.165) is 50.5 Å². The molecule has 0 amide bonds. The molecular formula is C22H29NO3. The molecule has 2 aliphatic rings. The average molecular weight is 355 g/mol. The predicted molar refractivity (Wildman–Crippen MR) is 99.2 cm³/mol. The van der Waals surface area contributed by atoms with Crippen LogP contribution in [0, 0.1) is 34.0 Å². The van der Waals surface area contributed by atoms with Crippen molar-refractivity contribution in [2.24, 2.45) is 22.7 Å². The lowest BCUT2D eigenvalue weighted by Crippen LogP contribution is -2.53. The zero-order valence-corrected chi connectivity index (χ0v) is 16.1. The van der Waals surface area contributed by atoms with Crippen LogP contribution < -0.4 is 0 Å². The van der Waals surface area contributed by atoms with Crippen LogP contribution in [0.4, 0.5) is 0 Å². The summed E-state index contributed by atoms with van der Waals surface area (Å²) in [6.45, 7) is 8.82. The quantitative estimate of drug-likeness (QED) is 0.561. The lowest BCUT2D eigenvalue weighted by molar-refractivity contribution is -0.168. The minimum Gasteiger partial charge on any atom is -0.469 e. The van der Waals surface area contributed by atoms with Crippen LogP contribution in [-0.2, 0) is 16.0 Å². The van der Waals surface area contributed by atoms with Crippen LogP contribution in [0.1, 0.15) is 63.7 Å². The normalized spacial score (nSPS) is 34.0. The van der Waals surface area contributed by atoms with Gasteiger partial charge in [-0.1, -0.05) is 25.5 Å². The first kappa shape index (κ1) is 18.8. The van der Waals surface area contributed by atoms with Gasteiger partial charge < -0.3 is 9.15 Å². The van der Waals surface area contributed by atoms with Gasteiger partial charge in [0.2, 0.25) is 5.76 Å². The number of nitrogens with zero attached hydrogens (tertiary/aromatic N) is 1. The summed E-state index contributed by atoms with van der Waals surface area (Å²) in [4.78, 5) is 12.6. The third kappa shape index (κ3) is 2.88. The Hall–Kier alpha value is -2.02. The van der Waals surface area contributed by atoms with E-state index in [2.05, 4.69) is 26.5 Å². The van der Waals surface area contributed by atoms with E-state index in [1.165, 1.54) is 12.7 Å². The summed E-state index contributed by atoms with van der Waals surface area (Å²) >= 11 is 0. The maximum Gasteiger partial charge on any atom is 0.311 e. The van der Waals surface area contributed by atoms with Crippen LogP contribution in [0.25, 0.3) is 0 Å². The van der Waals surface area contributed by atoms with Gasteiger partial charge in [-0.3, -0.25) is 4.79 Å². The standard InChI is InChI=1S/C22H29NO3/c1-15-6-9-19-21(2,11-5-12-22(19,3)20(24)25-4)17(15)8-7-16-10-13-26-18(16)14-23/h10,13,17,19H,1,5-9,11-12H2,2-4H3/t17-,19+,21+,22-/m0/s1. The molecule has 0 unspecified atom stereocenters. The zero-order valence-electron chi connectivity index (χ0n) is 16.1. The molecule has 2 aliphatic carbocycles. The van der Waals surface area contributed by atoms with E-state index in [0.29, 0.717) is 17.6 Å². The summed E-state index contributed by atoms with van der Waals surface area (Å²) < 4.78 is 10.4. The fourth-order valence-electron chi connectivity index (χ4n) is 5.89. The monoisotopic (exact) mass is 355 g/mol. The Labute approximate surface area is 156 Å². The van der Waals surface area contributed by atoms with Crippen molar-refractivity contribution in [1.82, 2.24) is 0 Å². The van der Waals surface area contributed by atoms with E-state index in [-0.39, 0.29) is 11.4 Å². The first-order valence-electron chi connectivity index (χ1n) is 9.59. The Kier molecular flexibility index (Phi) is 5.01. The van der Waals surface area contributed by atoms with Crippen LogP contribution in [0.3, 0.4) is 0 Å². The maximum atomic E-state index is 12.6. The summed E-state index contributed by atoms with van der Waals surface area (Å²) in [6.07, 6.45) is 8.36. The molecule has 0 radical (unpaired) electrons. The SMILES string of the molecule is C=C1CC[C@@H]2[C@](C)(CCC[C@]2(C)C(=O)OC)[C@H]1CCc1ccoc1C#N. The minimum absolute atomic E-state index is 0.0487. The summed E-state index contributed by atoms with van der Waals surface area (Å²) in [7, 11) is 1.50. The number of methoxy groups -OCH3 is 1. The van der Waals surface area contributed by atoms with Gasteiger partial charge in [-0.05, 0) is 68.8 Å². The van der Waals surface area contributed by atoms with Crippen molar-refractivity contribution in [1.29, 1.82) is 5.26 Å². The summed E-state index contributed by atoms with van der Waals surface area (Å²) in [5.41, 5.74) is 1.90. The van der Waals surface area contributed by atoms with Gasteiger partial charge in [0, 0.05) is 5.56 Å². The molecule has 0 saturated heterocycles. The smallest absolute Gasteiger partial charge is 0.311 e. The van der Waals surface area contributed by atoms with Crippen LogP contribution in [0.15, 0.2) is 28.9 Å². The second-order valence-electron chi connectivity index (χ2n) is 8.50. The molecule has 0 aliphatic heterocycles. The number of hydrogen-bond donors (Lipinski definition) is 0. The van der Waals surface area contributed by atoms with Crippen molar-refractivity contribution in [3.63, 3.8) is 0 Å². The number of carbonyl (C=O) groups excluding carboxylic acids is 1. The van der Waals surface area contributed by atoms with Gasteiger partial charge in [-0.25, -0.2) is 0 Å². The molecule has 140 valence electrons. The molecule has 1 aromatic heterocycles. The molecule has 4 atom stereocenters. The maximum absolute atomic E-state index is 12.6. The van der Waals surface area contributed by atoms with Crippen molar-refractivity contribution < 1.29 is 13.9 Å². The Morgan fingerprint density at radius 2 is 2.23 bits per heavy atom. The van der Waals surface area contributed by atoms with E-state index in [4.69, 9.17) is 9.15 Å². The number of rotatable bonds is 4. The highest BCUT2D eigenvalue weighted by Crippen LogP contribution is 2.62. The van der Waals surface area contributed by atoms with Gasteiger partial charge in [0.05, 0.1) is 18.8 Å². The second-order valence-corrected chi connectivity index (χ2v) is 8.50. The highest BCUT2D eigenvalue weighted by Gasteiger charge is 2.57. The fourth-order valence-corrected chi connectivity index (χ4v) is 5.89. The van der Waals surface area contributed by atoms with E-state index in [1.807, 2.05) is 6.07 Å². The number of allylic oxidation sites excluding steroid dienone is 1. The van der Waals surface area contributed by atoms with Crippen molar-refractivity contribution >= 4 is 5.97 Å².